The molecule has 0 spiro atoms. The van der Waals surface area contributed by atoms with E-state index in [-0.39, 0.29) is 22.7 Å². The van der Waals surface area contributed by atoms with Crippen molar-refractivity contribution in [1.82, 2.24) is 14.9 Å². The predicted molar refractivity (Wildman–Crippen MR) is 103 cm³/mol. The Morgan fingerprint density at radius 2 is 1.96 bits per heavy atom. The molecule has 1 aromatic heterocycles. The lowest BCUT2D eigenvalue weighted by atomic mass is 10.2. The number of carbonyl (C=O) groups excluding carboxylic acids is 2. The summed E-state index contributed by atoms with van der Waals surface area (Å²) in [5.41, 5.74) is 1.61. The lowest BCUT2D eigenvalue weighted by Crippen LogP contribution is -2.47. The molecule has 2 fully saturated rings. The Morgan fingerprint density at radius 3 is 2.67 bits per heavy atom. The predicted octanol–water partition coefficient (Wildman–Crippen LogP) is 3.52. The molecule has 2 heterocycles. The maximum absolute atomic E-state index is 12.6. The number of rotatable bonds is 4. The molecule has 27 heavy (non-hydrogen) atoms. The second-order valence-corrected chi connectivity index (χ2v) is 7.32. The fourth-order valence-corrected chi connectivity index (χ4v) is 3.27. The van der Waals surface area contributed by atoms with Crippen molar-refractivity contribution >= 4 is 34.9 Å². The molecule has 0 atom stereocenters. The molecule has 1 saturated carbocycles. The van der Waals surface area contributed by atoms with E-state index in [1.165, 1.54) is 6.20 Å². The van der Waals surface area contributed by atoms with Crippen LogP contribution in [0, 0.1) is 0 Å². The summed E-state index contributed by atoms with van der Waals surface area (Å²) in [6.45, 7) is 1.46. The minimum atomic E-state index is -0.370. The van der Waals surface area contributed by atoms with Crippen LogP contribution in [-0.2, 0) is 0 Å². The van der Waals surface area contributed by atoms with Gasteiger partial charge in [-0.1, -0.05) is 11.6 Å². The van der Waals surface area contributed by atoms with Gasteiger partial charge in [0.15, 0.2) is 5.69 Å². The molecule has 0 bridgehead atoms. The van der Waals surface area contributed by atoms with E-state index >= 15 is 0 Å². The van der Waals surface area contributed by atoms with E-state index in [4.69, 9.17) is 11.6 Å². The third-order valence-corrected chi connectivity index (χ3v) is 5.07. The van der Waals surface area contributed by atoms with Gasteiger partial charge in [-0.15, -0.1) is 0 Å². The van der Waals surface area contributed by atoms with E-state index in [0.29, 0.717) is 24.0 Å². The highest BCUT2D eigenvalue weighted by molar-refractivity contribution is 6.33. The Hall–Kier alpha value is -2.67. The molecule has 4 rings (SSSR count). The molecule has 1 N–H and O–H groups in total. The number of urea groups is 1. The number of halogens is 1. The van der Waals surface area contributed by atoms with Crippen molar-refractivity contribution in [1.29, 1.82) is 0 Å². The van der Waals surface area contributed by atoms with Crippen LogP contribution in [0.5, 0.6) is 0 Å². The normalized spacial score (nSPS) is 17.2. The van der Waals surface area contributed by atoms with Gasteiger partial charge in [-0.2, -0.15) is 0 Å². The summed E-state index contributed by atoms with van der Waals surface area (Å²) in [5.74, 6) is 0.645. The van der Waals surface area contributed by atoms with E-state index in [9.17, 15) is 9.59 Å². The van der Waals surface area contributed by atoms with Gasteiger partial charge in [0.2, 0.25) is 0 Å². The molecule has 140 valence electrons. The van der Waals surface area contributed by atoms with Crippen molar-refractivity contribution in [3.8, 4) is 0 Å². The number of hydrogen-bond acceptors (Lipinski definition) is 4. The number of benzene rings is 1. The van der Waals surface area contributed by atoms with Gasteiger partial charge in [0, 0.05) is 37.4 Å². The summed E-state index contributed by atoms with van der Waals surface area (Å²) in [5, 5.41) is 3.04. The van der Waals surface area contributed by atoms with Crippen LogP contribution in [0.4, 0.5) is 16.2 Å². The first-order valence-corrected chi connectivity index (χ1v) is 9.37. The summed E-state index contributed by atoms with van der Waals surface area (Å²) in [6, 6.07) is 7.17. The van der Waals surface area contributed by atoms with Crippen LogP contribution in [0.3, 0.4) is 0 Å². The highest BCUT2D eigenvalue weighted by Gasteiger charge is 2.28. The number of aromatic nitrogens is 2. The molecule has 7 nitrogen and oxygen atoms in total. The summed E-state index contributed by atoms with van der Waals surface area (Å²) >= 11 is 6.10. The highest BCUT2D eigenvalue weighted by atomic mass is 35.5. The van der Waals surface area contributed by atoms with E-state index in [1.54, 1.807) is 29.0 Å². The van der Waals surface area contributed by atoms with Crippen molar-refractivity contribution in [2.24, 2.45) is 0 Å². The Bertz CT molecular complexity index is 882. The molecule has 3 amide bonds. The standard InChI is InChI=1S/C19H20ClN5O2/c1-24-9-2-10-25(19(24)27)14-7-5-13(6-8-14)22-18(26)16-15(20)11-21-17(23-16)12-3-4-12/h5-8,11-12H,2-4,9-10H2,1H3,(H,22,26). The third-order valence-electron chi connectivity index (χ3n) is 4.79. The second kappa shape index (κ2) is 7.15. The van der Waals surface area contributed by atoms with Gasteiger partial charge < -0.3 is 10.2 Å². The Kier molecular flexibility index (Phi) is 4.70. The van der Waals surface area contributed by atoms with Gasteiger partial charge in [-0.3, -0.25) is 9.69 Å². The number of anilines is 2. The molecule has 1 aliphatic heterocycles. The lowest BCUT2D eigenvalue weighted by molar-refractivity contribution is 0.102. The zero-order chi connectivity index (χ0) is 19.0. The van der Waals surface area contributed by atoms with Crippen LogP contribution >= 0.6 is 11.6 Å². The smallest absolute Gasteiger partial charge is 0.324 e. The fourth-order valence-electron chi connectivity index (χ4n) is 3.10. The largest absolute Gasteiger partial charge is 0.327 e. The van der Waals surface area contributed by atoms with E-state index in [1.807, 2.05) is 12.1 Å². The molecule has 1 saturated heterocycles. The number of amides is 3. The van der Waals surface area contributed by atoms with Crippen molar-refractivity contribution in [2.75, 3.05) is 30.4 Å². The lowest BCUT2D eigenvalue weighted by Gasteiger charge is -2.33. The van der Waals surface area contributed by atoms with Crippen LogP contribution in [0.25, 0.3) is 0 Å². The second-order valence-electron chi connectivity index (χ2n) is 6.91. The van der Waals surface area contributed by atoms with Crippen molar-refractivity contribution in [2.45, 2.75) is 25.2 Å². The highest BCUT2D eigenvalue weighted by Crippen LogP contribution is 2.38. The van der Waals surface area contributed by atoms with Crippen molar-refractivity contribution in [3.63, 3.8) is 0 Å². The molecule has 0 radical (unpaired) electrons. The average molecular weight is 386 g/mol. The molecule has 2 aliphatic rings. The molecule has 1 aromatic carbocycles. The minimum Gasteiger partial charge on any atom is -0.327 e. The van der Waals surface area contributed by atoms with E-state index < -0.39 is 0 Å². The van der Waals surface area contributed by atoms with Crippen LogP contribution in [0.2, 0.25) is 5.02 Å². The first kappa shape index (κ1) is 17.7. The molecule has 2 aromatic rings. The van der Waals surface area contributed by atoms with Gasteiger partial charge in [0.25, 0.3) is 5.91 Å². The summed E-state index contributed by atoms with van der Waals surface area (Å²) in [7, 11) is 1.80. The monoisotopic (exact) mass is 385 g/mol. The minimum absolute atomic E-state index is 0.0154. The molecule has 1 aliphatic carbocycles. The average Bonchev–Trinajstić information content (AvgIpc) is 3.50. The fraction of sp³-hybridized carbons (Fsp3) is 0.368. The van der Waals surface area contributed by atoms with Crippen molar-refractivity contribution < 1.29 is 9.59 Å². The molecule has 8 heteroatoms. The van der Waals surface area contributed by atoms with Gasteiger partial charge in [0.1, 0.15) is 5.82 Å². The summed E-state index contributed by atoms with van der Waals surface area (Å²) in [6.07, 6.45) is 4.51. The van der Waals surface area contributed by atoms with Gasteiger partial charge in [-0.25, -0.2) is 14.8 Å². The zero-order valence-corrected chi connectivity index (χ0v) is 15.7. The number of nitrogens with zero attached hydrogens (tertiary/aromatic N) is 4. The zero-order valence-electron chi connectivity index (χ0n) is 15.0. The Labute approximate surface area is 162 Å². The van der Waals surface area contributed by atoms with Crippen LogP contribution in [-0.4, -0.2) is 46.9 Å². The number of hydrogen-bond donors (Lipinski definition) is 1. The third kappa shape index (κ3) is 3.73. The molecular weight excluding hydrogens is 366 g/mol. The van der Waals surface area contributed by atoms with Crippen LogP contribution in [0.1, 0.15) is 41.5 Å². The summed E-state index contributed by atoms with van der Waals surface area (Å²) in [4.78, 5) is 36.8. The Morgan fingerprint density at radius 1 is 1.22 bits per heavy atom. The quantitative estimate of drug-likeness (QED) is 0.873. The van der Waals surface area contributed by atoms with E-state index in [0.717, 1.165) is 31.5 Å². The van der Waals surface area contributed by atoms with Gasteiger partial charge >= 0.3 is 6.03 Å². The first-order valence-electron chi connectivity index (χ1n) is 8.99. The maximum Gasteiger partial charge on any atom is 0.324 e. The van der Waals surface area contributed by atoms with Crippen LogP contribution in [0.15, 0.2) is 30.5 Å². The molecular formula is C19H20ClN5O2. The SMILES string of the molecule is CN1CCCN(c2ccc(NC(=O)c3nc(C4CC4)ncc3Cl)cc2)C1=O. The first-order chi connectivity index (χ1) is 13.0. The van der Waals surface area contributed by atoms with E-state index in [2.05, 4.69) is 15.3 Å². The maximum atomic E-state index is 12.6. The number of carbonyl (C=O) groups is 2. The van der Waals surface area contributed by atoms with Crippen LogP contribution < -0.4 is 10.2 Å². The Balaban J connectivity index is 1.48. The topological polar surface area (TPSA) is 78.4 Å². The van der Waals surface area contributed by atoms with Gasteiger partial charge in [0.05, 0.1) is 11.2 Å². The molecule has 0 unspecified atom stereocenters. The summed E-state index contributed by atoms with van der Waals surface area (Å²) < 4.78 is 0. The number of nitrogens with one attached hydrogen (secondary N) is 1. The van der Waals surface area contributed by atoms with Gasteiger partial charge in [-0.05, 0) is 43.5 Å². The van der Waals surface area contributed by atoms with Crippen molar-refractivity contribution in [3.05, 3.63) is 47.0 Å².